The van der Waals surface area contributed by atoms with Crippen LogP contribution in [0.4, 0.5) is 0 Å². The quantitative estimate of drug-likeness (QED) is 0.492. The zero-order chi connectivity index (χ0) is 17.4. The highest BCUT2D eigenvalue weighted by Crippen LogP contribution is 2.24. The number of rotatable bonds is 6. The van der Waals surface area contributed by atoms with Gasteiger partial charge in [0.1, 0.15) is 0 Å². The molecule has 1 N–H and O–H groups in total. The van der Waals surface area contributed by atoms with E-state index in [9.17, 15) is 9.59 Å². The third kappa shape index (κ3) is 5.11. The lowest BCUT2D eigenvalue weighted by Gasteiger charge is -2.26. The van der Waals surface area contributed by atoms with Crippen LogP contribution < -0.4 is 5.32 Å². The molecule has 0 bridgehead atoms. The molecule has 0 heterocycles. The van der Waals surface area contributed by atoms with Gasteiger partial charge in [-0.3, -0.25) is 4.79 Å². The maximum absolute atomic E-state index is 12.3. The molecule has 0 spiro atoms. The molecule has 130 valence electrons. The van der Waals surface area contributed by atoms with E-state index in [1.54, 1.807) is 6.92 Å². The second-order valence-corrected chi connectivity index (χ2v) is 5.86. The Morgan fingerprint density at radius 2 is 1.79 bits per heavy atom. The van der Waals surface area contributed by atoms with E-state index in [0.717, 1.165) is 31.2 Å². The normalized spacial score (nSPS) is 16.1. The lowest BCUT2D eigenvalue weighted by atomic mass is 9.94. The van der Waals surface area contributed by atoms with Gasteiger partial charge in [0.05, 0.1) is 12.3 Å². The highest BCUT2D eigenvalue weighted by Gasteiger charge is 2.24. The Morgan fingerprint density at radius 1 is 1.12 bits per heavy atom. The maximum Gasteiger partial charge on any atom is 0.376 e. The molecular formula is C19H25NO4. The zero-order valence-electron chi connectivity index (χ0n) is 14.3. The van der Waals surface area contributed by atoms with Crippen LogP contribution in [0.2, 0.25) is 0 Å². The smallest absolute Gasteiger partial charge is 0.376 e. The fourth-order valence-electron chi connectivity index (χ4n) is 2.87. The predicted molar refractivity (Wildman–Crippen MR) is 91.8 cm³/mol. The summed E-state index contributed by atoms with van der Waals surface area (Å²) in [6.07, 6.45) is 5.61. The van der Waals surface area contributed by atoms with Crippen molar-refractivity contribution in [2.75, 3.05) is 6.61 Å². The van der Waals surface area contributed by atoms with E-state index in [4.69, 9.17) is 9.47 Å². The highest BCUT2D eigenvalue weighted by molar-refractivity contribution is 5.97. The van der Waals surface area contributed by atoms with E-state index >= 15 is 0 Å². The molecule has 1 aliphatic carbocycles. The Balaban J connectivity index is 2.41. The Labute approximate surface area is 143 Å². The summed E-state index contributed by atoms with van der Waals surface area (Å²) in [4.78, 5) is 23.8. The van der Waals surface area contributed by atoms with Crippen LogP contribution in [0, 0.1) is 0 Å². The van der Waals surface area contributed by atoms with Crippen molar-refractivity contribution < 1.29 is 19.1 Å². The summed E-state index contributed by atoms with van der Waals surface area (Å²) in [6, 6.07) is 9.69. The molecule has 1 aromatic rings. The molecule has 2 rings (SSSR count). The maximum atomic E-state index is 12.3. The number of ether oxygens (including phenoxy) is 2. The number of hydrogen-bond donors (Lipinski definition) is 1. The Morgan fingerprint density at radius 3 is 2.38 bits per heavy atom. The highest BCUT2D eigenvalue weighted by atomic mass is 16.6. The van der Waals surface area contributed by atoms with Crippen molar-refractivity contribution in [2.24, 2.45) is 0 Å². The van der Waals surface area contributed by atoms with Gasteiger partial charge in [0.2, 0.25) is 5.76 Å². The lowest BCUT2D eigenvalue weighted by Crippen LogP contribution is -2.32. The van der Waals surface area contributed by atoms with Gasteiger partial charge in [0.15, 0.2) is 0 Å². The summed E-state index contributed by atoms with van der Waals surface area (Å²) in [5.41, 5.74) is 1.32. The molecule has 24 heavy (non-hydrogen) atoms. The molecule has 0 radical (unpaired) electrons. The van der Waals surface area contributed by atoms with E-state index < -0.39 is 11.9 Å². The summed E-state index contributed by atoms with van der Waals surface area (Å²) in [6.45, 7) is 3.22. The fourth-order valence-corrected chi connectivity index (χ4v) is 2.87. The molecule has 1 fully saturated rings. The topological polar surface area (TPSA) is 64.6 Å². The average Bonchev–Trinajstić information content (AvgIpc) is 2.59. The first-order valence-electron chi connectivity index (χ1n) is 8.53. The monoisotopic (exact) mass is 331 g/mol. The standard InChI is InChI=1S/C19H25NO4/c1-3-23-19(22)18(24-14(2)21)17(15-10-6-4-7-11-15)20-16-12-8-5-9-13-16/h4,6-7,10-11,16,20H,3,5,8-9,12-13H2,1-2H3/b18-17-. The summed E-state index contributed by atoms with van der Waals surface area (Å²) in [5.74, 6) is -1.24. The SMILES string of the molecule is CCOC(=O)/C(OC(C)=O)=C(/NC1CCCCC1)c1ccccc1. The molecular weight excluding hydrogens is 306 g/mol. The molecule has 0 unspecified atom stereocenters. The van der Waals surface area contributed by atoms with E-state index in [-0.39, 0.29) is 18.4 Å². The van der Waals surface area contributed by atoms with Crippen molar-refractivity contribution >= 4 is 17.6 Å². The zero-order valence-corrected chi connectivity index (χ0v) is 14.3. The second-order valence-electron chi connectivity index (χ2n) is 5.86. The molecule has 0 aliphatic heterocycles. The Hall–Kier alpha value is -2.30. The summed E-state index contributed by atoms with van der Waals surface area (Å²) >= 11 is 0. The first-order valence-corrected chi connectivity index (χ1v) is 8.53. The summed E-state index contributed by atoms with van der Waals surface area (Å²) < 4.78 is 10.3. The van der Waals surface area contributed by atoms with Gasteiger partial charge in [-0.15, -0.1) is 0 Å². The van der Waals surface area contributed by atoms with Gasteiger partial charge in [0.25, 0.3) is 0 Å². The van der Waals surface area contributed by atoms with Crippen molar-refractivity contribution in [1.29, 1.82) is 0 Å². The molecule has 0 amide bonds. The van der Waals surface area contributed by atoms with Gasteiger partial charge in [-0.25, -0.2) is 4.79 Å². The lowest BCUT2D eigenvalue weighted by molar-refractivity contribution is -0.149. The third-order valence-electron chi connectivity index (χ3n) is 3.95. The van der Waals surface area contributed by atoms with Crippen molar-refractivity contribution in [3.05, 3.63) is 41.7 Å². The third-order valence-corrected chi connectivity index (χ3v) is 3.95. The van der Waals surface area contributed by atoms with Crippen LogP contribution in [0.5, 0.6) is 0 Å². The number of carbonyl (C=O) groups excluding carboxylic acids is 2. The molecule has 0 saturated heterocycles. The van der Waals surface area contributed by atoms with Crippen molar-refractivity contribution in [3.8, 4) is 0 Å². The first-order chi connectivity index (χ1) is 11.6. The number of benzene rings is 1. The van der Waals surface area contributed by atoms with E-state index in [2.05, 4.69) is 5.32 Å². The van der Waals surface area contributed by atoms with Gasteiger partial charge in [-0.2, -0.15) is 0 Å². The van der Waals surface area contributed by atoms with E-state index in [0.29, 0.717) is 5.70 Å². The predicted octanol–water partition coefficient (Wildman–Crippen LogP) is 3.40. The molecule has 1 aromatic carbocycles. The van der Waals surface area contributed by atoms with Crippen LogP contribution in [-0.2, 0) is 19.1 Å². The van der Waals surface area contributed by atoms with Crippen molar-refractivity contribution in [1.82, 2.24) is 5.32 Å². The van der Waals surface area contributed by atoms with Gasteiger partial charge in [-0.05, 0) is 19.8 Å². The molecule has 0 atom stereocenters. The molecule has 0 aromatic heterocycles. The largest absolute Gasteiger partial charge is 0.460 e. The van der Waals surface area contributed by atoms with Crippen LogP contribution in [0.15, 0.2) is 36.1 Å². The van der Waals surface area contributed by atoms with Gasteiger partial charge >= 0.3 is 11.9 Å². The van der Waals surface area contributed by atoms with E-state index in [1.807, 2.05) is 30.3 Å². The molecule has 5 nitrogen and oxygen atoms in total. The fraction of sp³-hybridized carbons (Fsp3) is 0.474. The minimum atomic E-state index is -0.630. The van der Waals surface area contributed by atoms with Crippen LogP contribution >= 0.6 is 0 Å². The Kier molecular flexibility index (Phi) is 6.85. The van der Waals surface area contributed by atoms with Crippen molar-refractivity contribution in [2.45, 2.75) is 52.0 Å². The van der Waals surface area contributed by atoms with Crippen LogP contribution in [0.25, 0.3) is 5.70 Å². The minimum absolute atomic E-state index is 0.0684. The minimum Gasteiger partial charge on any atom is -0.460 e. The number of nitrogens with one attached hydrogen (secondary N) is 1. The first kappa shape index (κ1) is 18.0. The summed E-state index contributed by atoms with van der Waals surface area (Å²) in [5, 5.41) is 3.42. The van der Waals surface area contributed by atoms with Gasteiger partial charge < -0.3 is 14.8 Å². The average molecular weight is 331 g/mol. The van der Waals surface area contributed by atoms with Crippen molar-refractivity contribution in [3.63, 3.8) is 0 Å². The van der Waals surface area contributed by atoms with Crippen LogP contribution in [-0.4, -0.2) is 24.6 Å². The Bertz CT molecular complexity index is 589. The van der Waals surface area contributed by atoms with E-state index in [1.165, 1.54) is 13.3 Å². The van der Waals surface area contributed by atoms with Gasteiger partial charge in [0, 0.05) is 18.5 Å². The summed E-state index contributed by atoms with van der Waals surface area (Å²) in [7, 11) is 0. The molecule has 5 heteroatoms. The number of esters is 2. The van der Waals surface area contributed by atoms with Crippen LogP contribution in [0.1, 0.15) is 51.5 Å². The molecule has 1 saturated carbocycles. The van der Waals surface area contributed by atoms with Crippen LogP contribution in [0.3, 0.4) is 0 Å². The number of hydrogen-bond acceptors (Lipinski definition) is 5. The molecule has 1 aliphatic rings. The second kappa shape index (κ2) is 9.11. The van der Waals surface area contributed by atoms with Gasteiger partial charge in [-0.1, -0.05) is 49.6 Å². The number of carbonyl (C=O) groups is 2.